The summed E-state index contributed by atoms with van der Waals surface area (Å²) in [6, 6.07) is 15.4. The number of aliphatic hydroxyl groups excluding tert-OH is 1. The van der Waals surface area contributed by atoms with Gasteiger partial charge < -0.3 is 14.7 Å². The highest BCUT2D eigenvalue weighted by molar-refractivity contribution is 5.96. The smallest absolute Gasteiger partial charge is 0.253 e. The zero-order valence-electron chi connectivity index (χ0n) is 13.2. The third kappa shape index (κ3) is 3.22. The first kappa shape index (κ1) is 15.6. The molecule has 2 aromatic carbocycles. The maximum absolute atomic E-state index is 12.7. The molecule has 4 nitrogen and oxygen atoms in total. The van der Waals surface area contributed by atoms with Crippen molar-refractivity contribution in [2.24, 2.45) is 5.92 Å². The second kappa shape index (κ2) is 6.84. The third-order valence-corrected chi connectivity index (χ3v) is 4.36. The molecular formula is C19H21NO3. The number of benzene rings is 2. The van der Waals surface area contributed by atoms with Crippen molar-refractivity contribution in [1.29, 1.82) is 0 Å². The Morgan fingerprint density at radius 2 is 2.04 bits per heavy atom. The number of ether oxygens (including phenoxy) is 1. The van der Waals surface area contributed by atoms with Gasteiger partial charge in [0.1, 0.15) is 5.75 Å². The lowest BCUT2D eigenvalue weighted by Gasteiger charge is -2.17. The van der Waals surface area contributed by atoms with E-state index in [1.807, 2.05) is 47.4 Å². The first-order chi connectivity index (χ1) is 11.2. The van der Waals surface area contributed by atoms with Gasteiger partial charge in [0.25, 0.3) is 5.91 Å². The summed E-state index contributed by atoms with van der Waals surface area (Å²) >= 11 is 0. The van der Waals surface area contributed by atoms with E-state index in [2.05, 4.69) is 0 Å². The van der Waals surface area contributed by atoms with Crippen LogP contribution in [-0.2, 0) is 0 Å². The monoisotopic (exact) mass is 311 g/mol. The number of amides is 1. The molecule has 1 aliphatic heterocycles. The van der Waals surface area contributed by atoms with Gasteiger partial charge in [-0.15, -0.1) is 0 Å². The van der Waals surface area contributed by atoms with Gasteiger partial charge in [-0.3, -0.25) is 4.79 Å². The Balaban J connectivity index is 1.91. The van der Waals surface area contributed by atoms with Crippen LogP contribution in [0.25, 0.3) is 11.1 Å². The van der Waals surface area contributed by atoms with Crippen LogP contribution in [0.4, 0.5) is 0 Å². The summed E-state index contributed by atoms with van der Waals surface area (Å²) in [6.45, 7) is 1.47. The van der Waals surface area contributed by atoms with Gasteiger partial charge in [0, 0.05) is 36.7 Å². The van der Waals surface area contributed by atoms with Gasteiger partial charge >= 0.3 is 0 Å². The quantitative estimate of drug-likeness (QED) is 0.944. The molecule has 1 aliphatic rings. The molecular weight excluding hydrogens is 290 g/mol. The summed E-state index contributed by atoms with van der Waals surface area (Å²) < 4.78 is 5.44. The van der Waals surface area contributed by atoms with E-state index < -0.39 is 0 Å². The molecule has 1 saturated heterocycles. The average Bonchev–Trinajstić information content (AvgIpc) is 3.10. The maximum Gasteiger partial charge on any atom is 0.253 e. The highest BCUT2D eigenvalue weighted by atomic mass is 16.5. The molecule has 0 aromatic heterocycles. The third-order valence-electron chi connectivity index (χ3n) is 4.36. The second-order valence-electron chi connectivity index (χ2n) is 5.87. The molecule has 1 atom stereocenters. The van der Waals surface area contributed by atoms with Crippen LogP contribution in [0.1, 0.15) is 16.8 Å². The van der Waals surface area contributed by atoms with Crippen LogP contribution < -0.4 is 4.74 Å². The van der Waals surface area contributed by atoms with E-state index in [0.717, 1.165) is 23.3 Å². The lowest BCUT2D eigenvalue weighted by Crippen LogP contribution is -2.29. The van der Waals surface area contributed by atoms with Gasteiger partial charge in [-0.25, -0.2) is 0 Å². The maximum atomic E-state index is 12.7. The van der Waals surface area contributed by atoms with Crippen LogP contribution in [0, 0.1) is 5.92 Å². The van der Waals surface area contributed by atoms with E-state index in [1.165, 1.54) is 0 Å². The molecule has 0 saturated carbocycles. The molecule has 1 amide bonds. The number of likely N-dealkylation sites (tertiary alicyclic amines) is 1. The van der Waals surface area contributed by atoms with Gasteiger partial charge in [0.2, 0.25) is 0 Å². The zero-order valence-corrected chi connectivity index (χ0v) is 13.2. The highest BCUT2D eigenvalue weighted by Crippen LogP contribution is 2.31. The predicted molar refractivity (Wildman–Crippen MR) is 89.5 cm³/mol. The Hall–Kier alpha value is -2.33. The van der Waals surface area contributed by atoms with Gasteiger partial charge in [-0.2, -0.15) is 0 Å². The van der Waals surface area contributed by atoms with E-state index in [0.29, 0.717) is 18.7 Å². The number of nitrogens with zero attached hydrogens (tertiary/aromatic N) is 1. The first-order valence-electron chi connectivity index (χ1n) is 7.86. The number of aliphatic hydroxyl groups is 1. The number of rotatable bonds is 4. The van der Waals surface area contributed by atoms with E-state index in [-0.39, 0.29) is 18.4 Å². The number of carbonyl (C=O) groups excluding carboxylic acids is 1. The predicted octanol–water partition coefficient (Wildman–Crippen LogP) is 2.82. The molecule has 2 aromatic rings. The van der Waals surface area contributed by atoms with Gasteiger partial charge in [-0.05, 0) is 30.2 Å². The van der Waals surface area contributed by atoms with Crippen LogP contribution in [0.15, 0.2) is 48.5 Å². The van der Waals surface area contributed by atoms with Crippen molar-refractivity contribution in [3.63, 3.8) is 0 Å². The van der Waals surface area contributed by atoms with Gasteiger partial charge in [0.15, 0.2) is 0 Å². The summed E-state index contributed by atoms with van der Waals surface area (Å²) in [5.74, 6) is 0.967. The summed E-state index contributed by atoms with van der Waals surface area (Å²) in [4.78, 5) is 14.5. The lowest BCUT2D eigenvalue weighted by molar-refractivity contribution is 0.0782. The van der Waals surface area contributed by atoms with Crippen molar-refractivity contribution >= 4 is 5.91 Å². The number of carbonyl (C=O) groups is 1. The molecule has 1 fully saturated rings. The molecule has 1 heterocycles. The Bertz CT molecular complexity index is 684. The minimum Gasteiger partial charge on any atom is -0.496 e. The SMILES string of the molecule is COc1ccc(C(=O)N2CCC(CO)C2)cc1-c1ccccc1. The van der Waals surface area contributed by atoms with Crippen LogP contribution in [0.2, 0.25) is 0 Å². The number of methoxy groups -OCH3 is 1. The second-order valence-corrected chi connectivity index (χ2v) is 5.87. The van der Waals surface area contributed by atoms with Crippen LogP contribution in [0.5, 0.6) is 5.75 Å². The van der Waals surface area contributed by atoms with Crippen molar-refractivity contribution < 1.29 is 14.6 Å². The molecule has 23 heavy (non-hydrogen) atoms. The van der Waals surface area contributed by atoms with Crippen LogP contribution in [0.3, 0.4) is 0 Å². The van der Waals surface area contributed by atoms with E-state index in [4.69, 9.17) is 4.74 Å². The standard InChI is InChI=1S/C19H21NO3/c1-23-18-8-7-16(11-17(18)15-5-3-2-4-6-15)19(22)20-10-9-14(12-20)13-21/h2-8,11,14,21H,9-10,12-13H2,1H3. The van der Waals surface area contributed by atoms with Crippen molar-refractivity contribution in [2.45, 2.75) is 6.42 Å². The summed E-state index contributed by atoms with van der Waals surface area (Å²) in [5, 5.41) is 9.24. The molecule has 0 bridgehead atoms. The highest BCUT2D eigenvalue weighted by Gasteiger charge is 2.26. The summed E-state index contributed by atoms with van der Waals surface area (Å²) in [6.07, 6.45) is 0.865. The van der Waals surface area contributed by atoms with Crippen LogP contribution >= 0.6 is 0 Å². The van der Waals surface area contributed by atoms with Crippen molar-refractivity contribution in [2.75, 3.05) is 26.8 Å². The van der Waals surface area contributed by atoms with E-state index in [9.17, 15) is 9.90 Å². The number of hydrogen-bond donors (Lipinski definition) is 1. The molecule has 1 N–H and O–H groups in total. The Labute approximate surface area is 136 Å². The van der Waals surface area contributed by atoms with Crippen molar-refractivity contribution in [3.05, 3.63) is 54.1 Å². The van der Waals surface area contributed by atoms with E-state index in [1.54, 1.807) is 13.2 Å². The molecule has 0 radical (unpaired) electrons. The Kier molecular flexibility index (Phi) is 4.63. The van der Waals surface area contributed by atoms with Crippen LogP contribution in [-0.4, -0.2) is 42.7 Å². The topological polar surface area (TPSA) is 49.8 Å². The lowest BCUT2D eigenvalue weighted by atomic mass is 10.0. The molecule has 0 spiro atoms. The average molecular weight is 311 g/mol. The molecule has 120 valence electrons. The normalized spacial score (nSPS) is 17.3. The summed E-state index contributed by atoms with van der Waals surface area (Å²) in [5.41, 5.74) is 2.59. The van der Waals surface area contributed by atoms with E-state index >= 15 is 0 Å². The molecule has 1 unspecified atom stereocenters. The minimum absolute atomic E-state index is 0.0146. The fraction of sp³-hybridized carbons (Fsp3) is 0.316. The Morgan fingerprint density at radius 1 is 1.26 bits per heavy atom. The first-order valence-corrected chi connectivity index (χ1v) is 7.86. The minimum atomic E-state index is 0.0146. The van der Waals surface area contributed by atoms with Crippen molar-refractivity contribution in [3.8, 4) is 16.9 Å². The fourth-order valence-electron chi connectivity index (χ4n) is 3.03. The molecule has 3 rings (SSSR count). The van der Waals surface area contributed by atoms with Gasteiger partial charge in [0.05, 0.1) is 7.11 Å². The zero-order chi connectivity index (χ0) is 16.2. The molecule has 0 aliphatic carbocycles. The van der Waals surface area contributed by atoms with Crippen molar-refractivity contribution in [1.82, 2.24) is 4.90 Å². The fourth-order valence-corrected chi connectivity index (χ4v) is 3.03. The number of hydrogen-bond acceptors (Lipinski definition) is 3. The van der Waals surface area contributed by atoms with Gasteiger partial charge in [-0.1, -0.05) is 30.3 Å². The largest absolute Gasteiger partial charge is 0.496 e. The Morgan fingerprint density at radius 3 is 2.70 bits per heavy atom. The summed E-state index contributed by atoms with van der Waals surface area (Å²) in [7, 11) is 1.63. The molecule has 4 heteroatoms.